The van der Waals surface area contributed by atoms with Gasteiger partial charge >= 0.3 is 0 Å². The van der Waals surface area contributed by atoms with E-state index in [2.05, 4.69) is 5.32 Å². The van der Waals surface area contributed by atoms with E-state index < -0.39 is 0 Å². The van der Waals surface area contributed by atoms with Crippen LogP contribution in [-0.2, 0) is 14.4 Å². The molecule has 13 heavy (non-hydrogen) atoms. The van der Waals surface area contributed by atoms with Crippen LogP contribution in [0.3, 0.4) is 0 Å². The molecule has 0 saturated carbocycles. The Labute approximate surface area is 76.1 Å². The van der Waals surface area contributed by atoms with Crippen molar-refractivity contribution >= 4 is 17.7 Å². The molecule has 1 rings (SSSR count). The number of amides is 3. The quantitative estimate of drug-likeness (QED) is 0.567. The molecule has 1 heterocycles. The summed E-state index contributed by atoms with van der Waals surface area (Å²) in [5.41, 5.74) is 0. The van der Waals surface area contributed by atoms with Gasteiger partial charge in [-0.1, -0.05) is 0 Å². The second kappa shape index (κ2) is 3.55. The minimum atomic E-state index is -0.374. The topological polar surface area (TPSA) is 66.5 Å². The van der Waals surface area contributed by atoms with E-state index in [4.69, 9.17) is 0 Å². The zero-order chi connectivity index (χ0) is 10.0. The molecular formula is C8H12N2O3. The van der Waals surface area contributed by atoms with E-state index in [1.807, 2.05) is 0 Å². The summed E-state index contributed by atoms with van der Waals surface area (Å²) in [7, 11) is 1.46. The predicted octanol–water partition coefficient (Wildman–Crippen LogP) is -0.873. The third kappa shape index (κ3) is 2.05. The summed E-state index contributed by atoms with van der Waals surface area (Å²) in [6.07, 6.45) is 0.204. The van der Waals surface area contributed by atoms with Crippen molar-refractivity contribution in [1.82, 2.24) is 10.2 Å². The summed E-state index contributed by atoms with van der Waals surface area (Å²) in [6, 6.07) is 0. The number of carbonyl (C=O) groups excluding carboxylic acids is 3. The normalized spacial score (nSPS) is 22.3. The first-order valence-electron chi connectivity index (χ1n) is 4.07. The van der Waals surface area contributed by atoms with E-state index in [-0.39, 0.29) is 36.6 Å². The highest BCUT2D eigenvalue weighted by molar-refractivity contribution is 6.03. The van der Waals surface area contributed by atoms with Crippen LogP contribution in [0.2, 0.25) is 0 Å². The molecule has 1 aliphatic rings. The van der Waals surface area contributed by atoms with Gasteiger partial charge in [-0.2, -0.15) is 0 Å². The third-order valence-electron chi connectivity index (χ3n) is 2.07. The van der Waals surface area contributed by atoms with Gasteiger partial charge in [-0.05, 0) is 0 Å². The van der Waals surface area contributed by atoms with Crippen LogP contribution in [0, 0.1) is 5.92 Å². The number of hydrogen-bond donors (Lipinski definition) is 1. The average Bonchev–Trinajstić information content (AvgIpc) is 2.29. The molecule has 0 bridgehead atoms. The molecule has 1 N–H and O–H groups in total. The molecule has 0 aromatic carbocycles. The first-order valence-corrected chi connectivity index (χ1v) is 4.07. The second-order valence-corrected chi connectivity index (χ2v) is 3.13. The monoisotopic (exact) mass is 184 g/mol. The van der Waals surface area contributed by atoms with Crippen molar-refractivity contribution in [2.24, 2.45) is 5.92 Å². The van der Waals surface area contributed by atoms with Crippen molar-refractivity contribution in [2.75, 3.05) is 13.6 Å². The Morgan fingerprint density at radius 1 is 1.62 bits per heavy atom. The summed E-state index contributed by atoms with van der Waals surface area (Å²) >= 11 is 0. The number of nitrogens with one attached hydrogen (secondary N) is 1. The molecule has 0 aromatic heterocycles. The Kier molecular flexibility index (Phi) is 2.65. The molecule has 1 aliphatic heterocycles. The van der Waals surface area contributed by atoms with Crippen LogP contribution in [0.1, 0.15) is 13.3 Å². The van der Waals surface area contributed by atoms with Crippen molar-refractivity contribution in [3.63, 3.8) is 0 Å². The van der Waals surface area contributed by atoms with Crippen LogP contribution >= 0.6 is 0 Å². The lowest BCUT2D eigenvalue weighted by molar-refractivity contribution is -0.137. The molecule has 1 fully saturated rings. The summed E-state index contributed by atoms with van der Waals surface area (Å²) in [4.78, 5) is 34.0. The third-order valence-corrected chi connectivity index (χ3v) is 2.07. The lowest BCUT2D eigenvalue weighted by Gasteiger charge is -2.08. The fraction of sp³-hybridized carbons (Fsp3) is 0.625. The fourth-order valence-electron chi connectivity index (χ4n) is 1.26. The molecule has 1 atom stereocenters. The number of carbonyl (C=O) groups is 3. The summed E-state index contributed by atoms with van der Waals surface area (Å²) in [5, 5.41) is 2.52. The maximum absolute atomic E-state index is 11.3. The molecule has 1 unspecified atom stereocenters. The lowest BCUT2D eigenvalue weighted by atomic mass is 10.1. The van der Waals surface area contributed by atoms with E-state index in [0.29, 0.717) is 0 Å². The van der Waals surface area contributed by atoms with Crippen LogP contribution < -0.4 is 5.32 Å². The van der Waals surface area contributed by atoms with E-state index in [1.165, 1.54) is 14.0 Å². The van der Waals surface area contributed by atoms with Crippen LogP contribution in [0.5, 0.6) is 0 Å². The molecule has 3 amide bonds. The standard InChI is InChI=1S/C8H12N2O3/c1-5(11)9-4-6-3-7(12)10(2)8(6)13/h6H,3-4H2,1-2H3,(H,9,11). The van der Waals surface area contributed by atoms with Gasteiger partial charge in [0.05, 0.1) is 5.92 Å². The number of likely N-dealkylation sites (tertiary alicyclic amines) is 1. The largest absolute Gasteiger partial charge is 0.356 e. The van der Waals surface area contributed by atoms with Crippen LogP contribution in [-0.4, -0.2) is 36.2 Å². The van der Waals surface area contributed by atoms with E-state index in [0.717, 1.165) is 4.90 Å². The van der Waals surface area contributed by atoms with Gasteiger partial charge in [0.15, 0.2) is 0 Å². The summed E-state index contributed by atoms with van der Waals surface area (Å²) in [5.74, 6) is -0.949. The Balaban J connectivity index is 2.49. The van der Waals surface area contributed by atoms with Crippen molar-refractivity contribution in [2.45, 2.75) is 13.3 Å². The number of imide groups is 1. The van der Waals surface area contributed by atoms with Crippen LogP contribution in [0.4, 0.5) is 0 Å². The highest BCUT2D eigenvalue weighted by Crippen LogP contribution is 2.16. The minimum absolute atomic E-state index is 0.180. The maximum Gasteiger partial charge on any atom is 0.234 e. The second-order valence-electron chi connectivity index (χ2n) is 3.13. The summed E-state index contributed by atoms with van der Waals surface area (Å²) in [6.45, 7) is 1.63. The van der Waals surface area contributed by atoms with Crippen molar-refractivity contribution in [1.29, 1.82) is 0 Å². The van der Waals surface area contributed by atoms with Crippen molar-refractivity contribution in [3.05, 3.63) is 0 Å². The molecule has 72 valence electrons. The highest BCUT2D eigenvalue weighted by atomic mass is 16.2. The SMILES string of the molecule is CC(=O)NCC1CC(=O)N(C)C1=O. The molecule has 1 saturated heterocycles. The number of nitrogens with zero attached hydrogens (tertiary/aromatic N) is 1. The predicted molar refractivity (Wildman–Crippen MR) is 44.6 cm³/mol. The first-order chi connectivity index (χ1) is 6.02. The molecule has 5 heteroatoms. The van der Waals surface area contributed by atoms with Gasteiger partial charge in [0, 0.05) is 26.9 Å². The van der Waals surface area contributed by atoms with Gasteiger partial charge in [-0.3, -0.25) is 19.3 Å². The van der Waals surface area contributed by atoms with Gasteiger partial charge in [-0.25, -0.2) is 0 Å². The zero-order valence-corrected chi connectivity index (χ0v) is 7.66. The number of hydrogen-bond acceptors (Lipinski definition) is 3. The van der Waals surface area contributed by atoms with Gasteiger partial charge in [-0.15, -0.1) is 0 Å². The first kappa shape index (κ1) is 9.70. The molecule has 0 aliphatic carbocycles. The van der Waals surface area contributed by atoms with Crippen molar-refractivity contribution in [3.8, 4) is 0 Å². The van der Waals surface area contributed by atoms with E-state index in [9.17, 15) is 14.4 Å². The molecule has 0 radical (unpaired) electrons. The van der Waals surface area contributed by atoms with E-state index >= 15 is 0 Å². The lowest BCUT2D eigenvalue weighted by Crippen LogP contribution is -2.32. The molecular weight excluding hydrogens is 172 g/mol. The van der Waals surface area contributed by atoms with Gasteiger partial charge in [0.25, 0.3) is 0 Å². The molecule has 5 nitrogen and oxygen atoms in total. The number of rotatable bonds is 2. The van der Waals surface area contributed by atoms with Crippen LogP contribution in [0.25, 0.3) is 0 Å². The Hall–Kier alpha value is -1.39. The molecule has 0 spiro atoms. The van der Waals surface area contributed by atoms with Crippen LogP contribution in [0.15, 0.2) is 0 Å². The fourth-order valence-corrected chi connectivity index (χ4v) is 1.26. The van der Waals surface area contributed by atoms with Gasteiger partial charge < -0.3 is 5.32 Å². The average molecular weight is 184 g/mol. The van der Waals surface area contributed by atoms with Gasteiger partial charge in [0.1, 0.15) is 0 Å². The smallest absolute Gasteiger partial charge is 0.234 e. The molecule has 0 aromatic rings. The minimum Gasteiger partial charge on any atom is -0.356 e. The summed E-state index contributed by atoms with van der Waals surface area (Å²) < 4.78 is 0. The zero-order valence-electron chi connectivity index (χ0n) is 7.66. The maximum atomic E-state index is 11.3. The Morgan fingerprint density at radius 3 is 2.62 bits per heavy atom. The highest BCUT2D eigenvalue weighted by Gasteiger charge is 2.35. The van der Waals surface area contributed by atoms with Gasteiger partial charge in [0.2, 0.25) is 17.7 Å². The Morgan fingerprint density at radius 2 is 2.23 bits per heavy atom. The van der Waals surface area contributed by atoms with Crippen molar-refractivity contribution < 1.29 is 14.4 Å². The van der Waals surface area contributed by atoms with E-state index in [1.54, 1.807) is 0 Å². The Bertz CT molecular complexity index is 262.